The Labute approximate surface area is 56.3 Å². The molecule has 1 heterocycles. The lowest BCUT2D eigenvalue weighted by atomic mass is 10.2. The van der Waals surface area contributed by atoms with Gasteiger partial charge in [-0.1, -0.05) is 24.3 Å². The van der Waals surface area contributed by atoms with Crippen molar-refractivity contribution in [2.45, 2.75) is 0 Å². The van der Waals surface area contributed by atoms with Gasteiger partial charge in [0.1, 0.15) is 0 Å². The molecule has 1 aliphatic heterocycles. The van der Waals surface area contributed by atoms with E-state index in [-0.39, 0.29) is 0 Å². The van der Waals surface area contributed by atoms with E-state index in [1.165, 1.54) is 10.8 Å². The van der Waals surface area contributed by atoms with Crippen LogP contribution in [0.2, 0.25) is 0 Å². The first-order valence-corrected chi connectivity index (χ1v) is 3.80. The molecule has 0 N–H and O–H groups in total. The molecule has 1 aromatic rings. The van der Waals surface area contributed by atoms with Crippen LogP contribution in [-0.4, -0.2) is 15.9 Å². The summed E-state index contributed by atoms with van der Waals surface area (Å²) in [6.07, 6.45) is 1.94. The van der Waals surface area contributed by atoms with Gasteiger partial charge in [-0.15, -0.1) is 0 Å². The molecule has 0 unspecified atom stereocenters. The third-order valence-electron chi connectivity index (χ3n) is 1.35. The summed E-state index contributed by atoms with van der Waals surface area (Å²) in [4.78, 5) is 0. The van der Waals surface area contributed by atoms with Gasteiger partial charge in [0.15, 0.2) is 0 Å². The van der Waals surface area contributed by atoms with Crippen LogP contribution in [0.4, 0.5) is 0 Å². The van der Waals surface area contributed by atoms with Crippen LogP contribution in [0.25, 0.3) is 0 Å². The molecule has 2 radical (unpaired) electrons. The van der Waals surface area contributed by atoms with Crippen molar-refractivity contribution in [2.75, 3.05) is 0 Å². The van der Waals surface area contributed by atoms with Crippen molar-refractivity contribution >= 4 is 21.1 Å². The summed E-state index contributed by atoms with van der Waals surface area (Å²) < 4.78 is 4.15. The zero-order valence-corrected chi connectivity index (χ0v) is 5.83. The van der Waals surface area contributed by atoms with Crippen molar-refractivity contribution in [1.82, 2.24) is 0 Å². The van der Waals surface area contributed by atoms with Crippen molar-refractivity contribution in [3.05, 3.63) is 29.8 Å². The molecule has 0 aromatic heterocycles. The number of nitrogens with zero attached hydrogens (tertiary/aromatic N) is 1. The van der Waals surface area contributed by atoms with Gasteiger partial charge >= 0.3 is 0 Å². The standard InChI is InChI=1S/C7H5NSi/c1-2-4-7-6(3-1)5-8-9-7/h1-5H. The molecular formula is C7H5NSi. The van der Waals surface area contributed by atoms with E-state index in [9.17, 15) is 0 Å². The summed E-state index contributed by atoms with van der Waals surface area (Å²) in [5.41, 5.74) is 1.29. The van der Waals surface area contributed by atoms with Gasteiger partial charge in [0.05, 0.1) is 0 Å². The minimum Gasteiger partial charge on any atom is -0.324 e. The molecule has 0 aliphatic carbocycles. The average molecular weight is 131 g/mol. The Morgan fingerprint density at radius 2 is 2.11 bits per heavy atom. The lowest BCUT2D eigenvalue weighted by molar-refractivity contribution is 1.75. The molecule has 0 atom stereocenters. The molecule has 0 saturated carbocycles. The predicted octanol–water partition coefficient (Wildman–Crippen LogP) is 0.364. The Morgan fingerprint density at radius 1 is 1.22 bits per heavy atom. The fourth-order valence-corrected chi connectivity index (χ4v) is 1.67. The van der Waals surface area contributed by atoms with Gasteiger partial charge in [0, 0.05) is 6.21 Å². The molecule has 9 heavy (non-hydrogen) atoms. The number of hydrogen-bond acceptors (Lipinski definition) is 1. The summed E-state index contributed by atoms with van der Waals surface area (Å²) in [5.74, 6) is 0. The normalized spacial score (nSPS) is 13.8. The van der Waals surface area contributed by atoms with Crippen molar-refractivity contribution in [3.63, 3.8) is 0 Å². The zero-order chi connectivity index (χ0) is 6.10. The quantitative estimate of drug-likeness (QED) is 0.451. The Hall–Kier alpha value is -0.893. The van der Waals surface area contributed by atoms with Crippen LogP contribution in [0.15, 0.2) is 28.9 Å². The van der Waals surface area contributed by atoms with Crippen LogP contribution in [0.5, 0.6) is 0 Å². The minimum absolute atomic E-state index is 0.649. The zero-order valence-electron chi connectivity index (χ0n) is 4.83. The van der Waals surface area contributed by atoms with Crippen LogP contribution in [0.3, 0.4) is 0 Å². The number of hydrogen-bond donors (Lipinski definition) is 0. The molecule has 0 amide bonds. The van der Waals surface area contributed by atoms with Crippen LogP contribution in [0.1, 0.15) is 5.56 Å². The largest absolute Gasteiger partial charge is 0.324 e. The SMILES string of the molecule is C1=N[Si]c2ccccc21. The Kier molecular flexibility index (Phi) is 0.992. The van der Waals surface area contributed by atoms with E-state index < -0.39 is 0 Å². The van der Waals surface area contributed by atoms with Crippen molar-refractivity contribution in [3.8, 4) is 0 Å². The van der Waals surface area contributed by atoms with Gasteiger partial charge < -0.3 is 4.66 Å². The molecule has 0 fully saturated rings. The average Bonchev–Trinajstić information content (AvgIpc) is 2.33. The van der Waals surface area contributed by atoms with Crippen LogP contribution in [-0.2, 0) is 0 Å². The minimum atomic E-state index is 0.649. The molecule has 42 valence electrons. The highest BCUT2D eigenvalue weighted by molar-refractivity contribution is 6.57. The second kappa shape index (κ2) is 1.81. The van der Waals surface area contributed by atoms with Crippen molar-refractivity contribution < 1.29 is 0 Å². The first kappa shape index (κ1) is 4.94. The first-order valence-electron chi connectivity index (χ1n) is 2.85. The summed E-state index contributed by atoms with van der Waals surface area (Å²) in [5, 5.41) is 1.37. The number of benzene rings is 1. The van der Waals surface area contributed by atoms with Gasteiger partial charge in [-0.25, -0.2) is 0 Å². The van der Waals surface area contributed by atoms with Crippen molar-refractivity contribution in [1.29, 1.82) is 0 Å². The van der Waals surface area contributed by atoms with Crippen molar-refractivity contribution in [2.24, 2.45) is 4.66 Å². The lowest BCUT2D eigenvalue weighted by Crippen LogP contribution is -2.09. The number of fused-ring (bicyclic) bond motifs is 1. The Balaban J connectivity index is 2.63. The Bertz CT molecular complexity index is 255. The van der Waals surface area contributed by atoms with E-state index in [1.807, 2.05) is 12.3 Å². The predicted molar refractivity (Wildman–Crippen MR) is 39.4 cm³/mol. The summed E-state index contributed by atoms with van der Waals surface area (Å²) in [6.45, 7) is 0. The highest BCUT2D eigenvalue weighted by atomic mass is 28.2. The summed E-state index contributed by atoms with van der Waals surface area (Å²) >= 11 is 0. The fourth-order valence-electron chi connectivity index (χ4n) is 0.883. The third-order valence-corrected chi connectivity index (χ3v) is 2.30. The van der Waals surface area contributed by atoms with Crippen LogP contribution >= 0.6 is 0 Å². The molecule has 2 rings (SSSR count). The van der Waals surface area contributed by atoms with E-state index in [2.05, 4.69) is 22.9 Å². The van der Waals surface area contributed by atoms with E-state index in [4.69, 9.17) is 0 Å². The van der Waals surface area contributed by atoms with E-state index >= 15 is 0 Å². The molecule has 2 heteroatoms. The number of rotatable bonds is 0. The van der Waals surface area contributed by atoms with Gasteiger partial charge in [0.2, 0.25) is 9.68 Å². The summed E-state index contributed by atoms with van der Waals surface area (Å²) in [6, 6.07) is 8.32. The third kappa shape index (κ3) is 0.714. The highest BCUT2D eigenvalue weighted by Gasteiger charge is 2.03. The maximum atomic E-state index is 4.15. The lowest BCUT2D eigenvalue weighted by Gasteiger charge is -1.90. The monoisotopic (exact) mass is 131 g/mol. The molecule has 1 aromatic carbocycles. The first-order chi connectivity index (χ1) is 4.47. The fraction of sp³-hybridized carbons (Fsp3) is 0. The molecule has 0 spiro atoms. The van der Waals surface area contributed by atoms with Gasteiger partial charge in [-0.3, -0.25) is 0 Å². The van der Waals surface area contributed by atoms with Gasteiger partial charge in [-0.05, 0) is 10.8 Å². The highest BCUT2D eigenvalue weighted by Crippen LogP contribution is 1.96. The van der Waals surface area contributed by atoms with E-state index in [1.54, 1.807) is 0 Å². The topological polar surface area (TPSA) is 12.4 Å². The van der Waals surface area contributed by atoms with Gasteiger partial charge in [0.25, 0.3) is 0 Å². The van der Waals surface area contributed by atoms with Crippen LogP contribution in [0, 0.1) is 0 Å². The summed E-state index contributed by atoms with van der Waals surface area (Å²) in [7, 11) is 0.649. The Morgan fingerprint density at radius 3 is 3.00 bits per heavy atom. The molecule has 0 saturated heterocycles. The second-order valence-electron chi connectivity index (χ2n) is 1.96. The van der Waals surface area contributed by atoms with Crippen LogP contribution < -0.4 is 5.19 Å². The second-order valence-corrected chi connectivity index (χ2v) is 2.98. The van der Waals surface area contributed by atoms with E-state index in [0.29, 0.717) is 9.68 Å². The smallest absolute Gasteiger partial charge is 0.249 e. The molecule has 1 nitrogen and oxygen atoms in total. The molecule has 0 bridgehead atoms. The van der Waals surface area contributed by atoms with E-state index in [0.717, 1.165) is 0 Å². The maximum absolute atomic E-state index is 4.15. The molecular weight excluding hydrogens is 126 g/mol. The van der Waals surface area contributed by atoms with Gasteiger partial charge in [-0.2, -0.15) is 0 Å². The maximum Gasteiger partial charge on any atom is 0.249 e. The molecule has 1 aliphatic rings.